The van der Waals surface area contributed by atoms with Gasteiger partial charge in [0.05, 0.1) is 0 Å². The topological polar surface area (TPSA) is 52.0 Å². The van der Waals surface area contributed by atoms with Crippen molar-refractivity contribution >= 4 is 0 Å². The average molecular weight is 144 g/mol. The Morgan fingerprint density at radius 1 is 1.00 bits per heavy atom. The number of unbranched alkanes of at least 4 members (excludes halogenated alkanes) is 1. The summed E-state index contributed by atoms with van der Waals surface area (Å²) in [6, 6.07) is 0. The number of hydrogen-bond donors (Lipinski definition) is 2. The van der Waals surface area contributed by atoms with Crippen LogP contribution in [0.2, 0.25) is 0 Å². The summed E-state index contributed by atoms with van der Waals surface area (Å²) in [5.74, 6) is 0.788. The lowest BCUT2D eigenvalue weighted by atomic mass is 10.0. The van der Waals surface area contributed by atoms with E-state index in [2.05, 4.69) is 6.92 Å². The highest BCUT2D eigenvalue weighted by Gasteiger charge is 1.98. The molecule has 0 aromatic heterocycles. The Balaban J connectivity index is 2.97. The van der Waals surface area contributed by atoms with E-state index < -0.39 is 0 Å². The van der Waals surface area contributed by atoms with Crippen molar-refractivity contribution in [2.24, 2.45) is 17.4 Å². The van der Waals surface area contributed by atoms with Gasteiger partial charge < -0.3 is 11.5 Å². The quantitative estimate of drug-likeness (QED) is 0.548. The zero-order valence-corrected chi connectivity index (χ0v) is 6.97. The van der Waals surface area contributed by atoms with Gasteiger partial charge in [0, 0.05) is 0 Å². The van der Waals surface area contributed by atoms with Crippen molar-refractivity contribution in [1.82, 2.24) is 0 Å². The molecule has 0 amide bonds. The molecule has 0 aromatic carbocycles. The number of hydrogen-bond acceptors (Lipinski definition) is 2. The summed E-state index contributed by atoms with van der Waals surface area (Å²) in [6.45, 7) is 3.91. The zero-order valence-electron chi connectivity index (χ0n) is 6.97. The van der Waals surface area contributed by atoms with E-state index in [9.17, 15) is 0 Å². The van der Waals surface area contributed by atoms with Gasteiger partial charge >= 0.3 is 0 Å². The fourth-order valence-corrected chi connectivity index (χ4v) is 1.07. The van der Waals surface area contributed by atoms with Gasteiger partial charge in [0.1, 0.15) is 0 Å². The van der Waals surface area contributed by atoms with Crippen LogP contribution in [0.25, 0.3) is 0 Å². The van der Waals surface area contributed by atoms with Crippen LogP contribution in [0.5, 0.6) is 0 Å². The maximum Gasteiger partial charge on any atom is -0.00747 e. The van der Waals surface area contributed by atoms with Gasteiger partial charge in [-0.15, -0.1) is 0 Å². The molecule has 1 atom stereocenters. The predicted molar refractivity (Wildman–Crippen MR) is 45.7 cm³/mol. The maximum atomic E-state index is 5.41. The molecule has 0 aromatic rings. The summed E-state index contributed by atoms with van der Waals surface area (Å²) in [5.41, 5.74) is 10.8. The first-order chi connectivity index (χ1) is 4.81. The molecule has 0 radical (unpaired) electrons. The minimum absolute atomic E-state index is 0.788. The van der Waals surface area contributed by atoms with E-state index in [1.807, 2.05) is 0 Å². The van der Waals surface area contributed by atoms with E-state index in [4.69, 9.17) is 11.5 Å². The molecular weight excluding hydrogens is 124 g/mol. The van der Waals surface area contributed by atoms with E-state index in [-0.39, 0.29) is 0 Å². The zero-order chi connectivity index (χ0) is 7.82. The Hall–Kier alpha value is -0.0800. The van der Waals surface area contributed by atoms with Gasteiger partial charge in [-0.05, 0) is 31.8 Å². The number of rotatable bonds is 6. The lowest BCUT2D eigenvalue weighted by Gasteiger charge is -2.07. The molecule has 0 bridgehead atoms. The first kappa shape index (κ1) is 9.92. The molecule has 2 nitrogen and oxygen atoms in total. The highest BCUT2D eigenvalue weighted by Crippen LogP contribution is 2.09. The molecule has 0 aliphatic rings. The summed E-state index contributed by atoms with van der Waals surface area (Å²) >= 11 is 0. The van der Waals surface area contributed by atoms with Gasteiger partial charge in [-0.3, -0.25) is 0 Å². The molecular formula is C8H20N2. The van der Waals surface area contributed by atoms with Gasteiger partial charge in [-0.2, -0.15) is 0 Å². The van der Waals surface area contributed by atoms with Crippen LogP contribution in [0.4, 0.5) is 0 Å². The lowest BCUT2D eigenvalue weighted by molar-refractivity contribution is 0.474. The van der Waals surface area contributed by atoms with E-state index in [1.165, 1.54) is 12.8 Å². The summed E-state index contributed by atoms with van der Waals surface area (Å²) < 4.78 is 0. The van der Waals surface area contributed by atoms with Crippen molar-refractivity contribution in [1.29, 1.82) is 0 Å². The molecule has 62 valence electrons. The second-order valence-electron chi connectivity index (χ2n) is 2.97. The van der Waals surface area contributed by atoms with Crippen LogP contribution in [0, 0.1) is 5.92 Å². The van der Waals surface area contributed by atoms with Crippen molar-refractivity contribution < 1.29 is 0 Å². The summed E-state index contributed by atoms with van der Waals surface area (Å²) in [4.78, 5) is 0. The largest absolute Gasteiger partial charge is 0.330 e. The van der Waals surface area contributed by atoms with Crippen molar-refractivity contribution in [3.8, 4) is 0 Å². The first-order valence-corrected chi connectivity index (χ1v) is 4.21. The molecule has 4 N–H and O–H groups in total. The Labute approximate surface area is 64.0 Å². The molecule has 0 aliphatic carbocycles. The Morgan fingerprint density at radius 3 is 2.20 bits per heavy atom. The standard InChI is InChI=1S/C8H20N2/c1-8(5-7-10)4-2-3-6-9/h8H,2-7,9-10H2,1H3. The normalized spacial score (nSPS) is 13.5. The molecule has 1 unspecified atom stereocenters. The molecule has 0 saturated carbocycles. The van der Waals surface area contributed by atoms with Gasteiger partial charge in [0.25, 0.3) is 0 Å². The second-order valence-corrected chi connectivity index (χ2v) is 2.97. The fourth-order valence-electron chi connectivity index (χ4n) is 1.07. The third-order valence-corrected chi connectivity index (χ3v) is 1.81. The van der Waals surface area contributed by atoms with Gasteiger partial charge in [0.15, 0.2) is 0 Å². The lowest BCUT2D eigenvalue weighted by Crippen LogP contribution is -2.06. The van der Waals surface area contributed by atoms with Gasteiger partial charge in [-0.1, -0.05) is 19.8 Å². The summed E-state index contributed by atoms with van der Waals surface area (Å²) in [6.07, 6.45) is 4.87. The molecule has 0 spiro atoms. The Kier molecular flexibility index (Phi) is 6.98. The van der Waals surface area contributed by atoms with E-state index in [0.717, 1.165) is 31.8 Å². The molecule has 10 heavy (non-hydrogen) atoms. The van der Waals surface area contributed by atoms with Crippen molar-refractivity contribution in [2.45, 2.75) is 32.6 Å². The number of nitrogens with two attached hydrogens (primary N) is 2. The highest BCUT2D eigenvalue weighted by molar-refractivity contribution is 4.53. The minimum atomic E-state index is 0.788. The fraction of sp³-hybridized carbons (Fsp3) is 1.00. The van der Waals surface area contributed by atoms with E-state index >= 15 is 0 Å². The summed E-state index contributed by atoms with van der Waals surface area (Å²) in [5, 5.41) is 0. The first-order valence-electron chi connectivity index (χ1n) is 4.21. The van der Waals surface area contributed by atoms with Crippen molar-refractivity contribution in [2.75, 3.05) is 13.1 Å². The van der Waals surface area contributed by atoms with E-state index in [1.54, 1.807) is 0 Å². The van der Waals surface area contributed by atoms with E-state index in [0.29, 0.717) is 0 Å². The van der Waals surface area contributed by atoms with Crippen LogP contribution in [0.15, 0.2) is 0 Å². The molecule has 0 heterocycles. The third-order valence-electron chi connectivity index (χ3n) is 1.81. The Morgan fingerprint density at radius 2 is 1.70 bits per heavy atom. The monoisotopic (exact) mass is 144 g/mol. The SMILES string of the molecule is CC(CCN)CCCCN. The van der Waals surface area contributed by atoms with Crippen LogP contribution < -0.4 is 11.5 Å². The minimum Gasteiger partial charge on any atom is -0.330 e. The molecule has 0 saturated heterocycles. The van der Waals surface area contributed by atoms with Crippen molar-refractivity contribution in [3.05, 3.63) is 0 Å². The van der Waals surface area contributed by atoms with Gasteiger partial charge in [0.2, 0.25) is 0 Å². The summed E-state index contributed by atoms with van der Waals surface area (Å²) in [7, 11) is 0. The van der Waals surface area contributed by atoms with Crippen molar-refractivity contribution in [3.63, 3.8) is 0 Å². The molecule has 0 rings (SSSR count). The Bertz CT molecular complexity index is 64.3. The third kappa shape index (κ3) is 6.05. The van der Waals surface area contributed by atoms with Gasteiger partial charge in [-0.25, -0.2) is 0 Å². The van der Waals surface area contributed by atoms with Crippen LogP contribution in [-0.4, -0.2) is 13.1 Å². The van der Waals surface area contributed by atoms with Crippen LogP contribution in [0.1, 0.15) is 32.6 Å². The predicted octanol–water partition coefficient (Wildman–Crippen LogP) is 1.10. The second kappa shape index (κ2) is 7.03. The maximum absolute atomic E-state index is 5.41. The molecule has 0 fully saturated rings. The smallest absolute Gasteiger partial charge is 0.00747 e. The average Bonchev–Trinajstić information content (AvgIpc) is 1.89. The van der Waals surface area contributed by atoms with Crippen LogP contribution in [-0.2, 0) is 0 Å². The molecule has 0 aliphatic heterocycles. The van der Waals surface area contributed by atoms with Crippen LogP contribution in [0.3, 0.4) is 0 Å². The van der Waals surface area contributed by atoms with Crippen LogP contribution >= 0.6 is 0 Å². The molecule has 2 heteroatoms. The highest BCUT2D eigenvalue weighted by atomic mass is 14.5.